The van der Waals surface area contributed by atoms with E-state index < -0.39 is 5.97 Å². The number of carbonyl (C=O) groups excluding carboxylic acids is 1. The zero-order valence-corrected chi connectivity index (χ0v) is 10.2. The zero-order chi connectivity index (χ0) is 12.0. The molecule has 0 aliphatic carbocycles. The van der Waals surface area contributed by atoms with Crippen molar-refractivity contribution in [1.29, 1.82) is 0 Å². The van der Waals surface area contributed by atoms with Crippen molar-refractivity contribution in [2.45, 2.75) is 13.3 Å². The maximum absolute atomic E-state index is 11.3. The number of carbonyl (C=O) groups is 1. The van der Waals surface area contributed by atoms with Crippen LogP contribution in [-0.2, 0) is 4.74 Å². The number of aryl methyl sites for hydroxylation is 1. The summed E-state index contributed by atoms with van der Waals surface area (Å²) in [6.07, 6.45) is 2.31. The summed E-state index contributed by atoms with van der Waals surface area (Å²) in [5, 5.41) is 0. The predicted octanol–water partition coefficient (Wildman–Crippen LogP) is 1.85. The van der Waals surface area contributed by atoms with E-state index in [-0.39, 0.29) is 0 Å². The fraction of sp³-hybridized carbons (Fsp3) is 0.333. The molecule has 0 fully saturated rings. The van der Waals surface area contributed by atoms with Crippen LogP contribution in [0.25, 0.3) is 0 Å². The lowest BCUT2D eigenvalue weighted by atomic mass is 10.1. The second-order valence-electron chi connectivity index (χ2n) is 3.16. The molecule has 0 amide bonds. The molecule has 0 radical (unpaired) electrons. The Bertz CT molecular complexity index is 446. The number of esters is 1. The fourth-order valence-corrected chi connectivity index (χ4v) is 1.29. The van der Waals surface area contributed by atoms with Gasteiger partial charge in [-0.1, -0.05) is 11.8 Å². The molecule has 84 valence electrons. The molecule has 0 aromatic carbocycles. The molecule has 0 spiro atoms. The second kappa shape index (κ2) is 6.19. The van der Waals surface area contributed by atoms with Crippen LogP contribution in [0.2, 0.25) is 0 Å². The van der Waals surface area contributed by atoms with E-state index in [0.29, 0.717) is 5.69 Å². The number of hydrogen-bond donors (Lipinski definition) is 1. The van der Waals surface area contributed by atoms with Crippen LogP contribution < -0.4 is 0 Å². The van der Waals surface area contributed by atoms with Gasteiger partial charge in [0.2, 0.25) is 0 Å². The van der Waals surface area contributed by atoms with Crippen molar-refractivity contribution in [1.82, 2.24) is 4.98 Å². The van der Waals surface area contributed by atoms with Gasteiger partial charge in [0.25, 0.3) is 0 Å². The molecule has 4 heteroatoms. The third-order valence-corrected chi connectivity index (χ3v) is 2.15. The number of nitrogens with zero attached hydrogens (tertiary/aromatic N) is 1. The minimum atomic E-state index is -0.424. The SMILES string of the molecule is COC(=O)c1ncc(C#CCCS)cc1C. The standard InChI is InChI=1S/C12H13NO2S/c1-9-7-10(5-3-4-6-16)8-13-11(9)12(14)15-2/h7-8,16H,4,6H2,1-2H3. The van der Waals surface area contributed by atoms with Crippen LogP contribution >= 0.6 is 12.6 Å². The lowest BCUT2D eigenvalue weighted by Gasteiger charge is -2.02. The summed E-state index contributed by atoms with van der Waals surface area (Å²) in [6.45, 7) is 1.81. The van der Waals surface area contributed by atoms with E-state index in [1.165, 1.54) is 7.11 Å². The predicted molar refractivity (Wildman–Crippen MR) is 65.7 cm³/mol. The van der Waals surface area contributed by atoms with E-state index in [2.05, 4.69) is 34.2 Å². The average Bonchev–Trinajstić information content (AvgIpc) is 2.29. The van der Waals surface area contributed by atoms with Crippen LogP contribution in [-0.4, -0.2) is 23.8 Å². The number of thiol groups is 1. The number of hydrogen-bond acceptors (Lipinski definition) is 4. The van der Waals surface area contributed by atoms with E-state index >= 15 is 0 Å². The molecule has 0 atom stereocenters. The second-order valence-corrected chi connectivity index (χ2v) is 3.60. The first kappa shape index (κ1) is 12.6. The van der Waals surface area contributed by atoms with Gasteiger partial charge >= 0.3 is 5.97 Å². The number of rotatable bonds is 2. The third-order valence-electron chi connectivity index (χ3n) is 1.93. The Labute approximate surface area is 101 Å². The molecule has 16 heavy (non-hydrogen) atoms. The molecule has 1 rings (SSSR count). The van der Waals surface area contributed by atoms with Crippen molar-refractivity contribution in [2.24, 2.45) is 0 Å². The molecular formula is C12H13NO2S. The summed E-state index contributed by atoms with van der Waals surface area (Å²) >= 11 is 4.06. The number of ether oxygens (including phenoxy) is 1. The highest BCUT2D eigenvalue weighted by Gasteiger charge is 2.10. The quantitative estimate of drug-likeness (QED) is 0.483. The largest absolute Gasteiger partial charge is 0.464 e. The van der Waals surface area contributed by atoms with Crippen LogP contribution in [0.3, 0.4) is 0 Å². The molecule has 1 heterocycles. The van der Waals surface area contributed by atoms with Gasteiger partial charge in [0.15, 0.2) is 5.69 Å². The normalized spacial score (nSPS) is 9.19. The molecule has 0 aliphatic heterocycles. The van der Waals surface area contributed by atoms with Crippen molar-refractivity contribution in [3.05, 3.63) is 29.1 Å². The summed E-state index contributed by atoms with van der Waals surface area (Å²) in [6, 6.07) is 1.82. The lowest BCUT2D eigenvalue weighted by molar-refractivity contribution is 0.0593. The highest BCUT2D eigenvalue weighted by molar-refractivity contribution is 7.80. The van der Waals surface area contributed by atoms with Crippen LogP contribution in [0.4, 0.5) is 0 Å². The Balaban J connectivity index is 2.92. The smallest absolute Gasteiger partial charge is 0.356 e. The van der Waals surface area contributed by atoms with Crippen molar-refractivity contribution in [3.63, 3.8) is 0 Å². The van der Waals surface area contributed by atoms with Gasteiger partial charge in [0, 0.05) is 23.9 Å². The summed E-state index contributed by atoms with van der Waals surface area (Å²) in [5.74, 6) is 6.23. The van der Waals surface area contributed by atoms with Gasteiger partial charge in [-0.2, -0.15) is 12.6 Å². The Morgan fingerprint density at radius 1 is 1.62 bits per heavy atom. The average molecular weight is 235 g/mol. The van der Waals surface area contributed by atoms with Gasteiger partial charge in [-0.05, 0) is 18.6 Å². The molecule has 0 bridgehead atoms. The highest BCUT2D eigenvalue weighted by Crippen LogP contribution is 2.08. The summed E-state index contributed by atoms with van der Waals surface area (Å²) < 4.78 is 4.61. The minimum Gasteiger partial charge on any atom is -0.464 e. The van der Waals surface area contributed by atoms with E-state index in [9.17, 15) is 4.79 Å². The lowest BCUT2D eigenvalue weighted by Crippen LogP contribution is -2.06. The first-order valence-electron chi connectivity index (χ1n) is 4.83. The van der Waals surface area contributed by atoms with Crippen LogP contribution in [0.1, 0.15) is 28.0 Å². The van der Waals surface area contributed by atoms with Gasteiger partial charge in [0.05, 0.1) is 7.11 Å². The molecule has 0 saturated heterocycles. The van der Waals surface area contributed by atoms with Crippen molar-refractivity contribution >= 4 is 18.6 Å². The zero-order valence-electron chi connectivity index (χ0n) is 9.28. The molecule has 0 saturated carbocycles. The van der Waals surface area contributed by atoms with E-state index in [1.807, 2.05) is 13.0 Å². The number of methoxy groups -OCH3 is 1. The van der Waals surface area contributed by atoms with Crippen molar-refractivity contribution in [3.8, 4) is 11.8 Å². The molecule has 1 aromatic heterocycles. The summed E-state index contributed by atoms with van der Waals surface area (Å²) in [5.41, 5.74) is 1.90. The monoisotopic (exact) mass is 235 g/mol. The first-order chi connectivity index (χ1) is 7.69. The number of pyridine rings is 1. The molecule has 3 nitrogen and oxygen atoms in total. The molecular weight excluding hydrogens is 222 g/mol. The molecule has 0 unspecified atom stereocenters. The Hall–Kier alpha value is -1.47. The maximum Gasteiger partial charge on any atom is 0.356 e. The summed E-state index contributed by atoms with van der Waals surface area (Å²) in [4.78, 5) is 15.3. The van der Waals surface area contributed by atoms with Crippen molar-refractivity contribution in [2.75, 3.05) is 12.9 Å². The van der Waals surface area contributed by atoms with Crippen LogP contribution in [0.15, 0.2) is 12.3 Å². The molecule has 1 aromatic rings. The highest BCUT2D eigenvalue weighted by atomic mass is 32.1. The fourth-order valence-electron chi connectivity index (χ4n) is 1.17. The Kier molecular flexibility index (Phi) is 4.87. The molecule has 0 aliphatic rings. The van der Waals surface area contributed by atoms with Gasteiger partial charge in [-0.15, -0.1) is 0 Å². The third kappa shape index (κ3) is 3.28. The molecule has 0 N–H and O–H groups in total. The minimum absolute atomic E-state index is 0.335. The number of aromatic nitrogens is 1. The maximum atomic E-state index is 11.3. The van der Waals surface area contributed by atoms with Gasteiger partial charge in [0.1, 0.15) is 0 Å². The Morgan fingerprint density at radius 3 is 2.94 bits per heavy atom. The van der Waals surface area contributed by atoms with Gasteiger partial charge in [-0.25, -0.2) is 9.78 Å². The van der Waals surface area contributed by atoms with E-state index in [1.54, 1.807) is 6.20 Å². The van der Waals surface area contributed by atoms with Gasteiger partial charge in [-0.3, -0.25) is 0 Å². The Morgan fingerprint density at radius 2 is 2.38 bits per heavy atom. The first-order valence-corrected chi connectivity index (χ1v) is 5.47. The summed E-state index contributed by atoms with van der Waals surface area (Å²) in [7, 11) is 1.34. The van der Waals surface area contributed by atoms with Crippen LogP contribution in [0, 0.1) is 18.8 Å². The van der Waals surface area contributed by atoms with E-state index in [4.69, 9.17) is 0 Å². The van der Waals surface area contributed by atoms with Crippen molar-refractivity contribution < 1.29 is 9.53 Å². The van der Waals surface area contributed by atoms with E-state index in [0.717, 1.165) is 23.3 Å². The topological polar surface area (TPSA) is 39.2 Å². The van der Waals surface area contributed by atoms with Crippen LogP contribution in [0.5, 0.6) is 0 Å². The van der Waals surface area contributed by atoms with Gasteiger partial charge < -0.3 is 4.74 Å².